The van der Waals surface area contributed by atoms with Crippen molar-refractivity contribution >= 4 is 11.4 Å². The molecule has 1 unspecified atom stereocenters. The summed E-state index contributed by atoms with van der Waals surface area (Å²) >= 11 is 0. The fraction of sp³-hybridized carbons (Fsp3) is 0.500. The molecule has 1 aliphatic rings. The van der Waals surface area contributed by atoms with E-state index in [9.17, 15) is 10.1 Å². The third-order valence-corrected chi connectivity index (χ3v) is 5.12. The number of amides is 1. The first-order valence-electron chi connectivity index (χ1n) is 9.33. The van der Waals surface area contributed by atoms with Crippen LogP contribution in [0, 0.1) is 11.3 Å². The summed E-state index contributed by atoms with van der Waals surface area (Å²) in [7, 11) is 0. The molecule has 0 aliphatic carbocycles. The van der Waals surface area contributed by atoms with Gasteiger partial charge in [-0.3, -0.25) is 14.6 Å². The van der Waals surface area contributed by atoms with Crippen LogP contribution in [0.1, 0.15) is 31.4 Å². The topological polar surface area (TPSA) is 63.8 Å². The Morgan fingerprint density at radius 1 is 1.27 bits per heavy atom. The maximum Gasteiger partial charge on any atom is 0.234 e. The van der Waals surface area contributed by atoms with Gasteiger partial charge in [0.1, 0.15) is 6.07 Å². The van der Waals surface area contributed by atoms with Gasteiger partial charge in [0.15, 0.2) is 0 Å². The van der Waals surface area contributed by atoms with E-state index in [2.05, 4.69) is 34.3 Å². The van der Waals surface area contributed by atoms with Gasteiger partial charge >= 0.3 is 0 Å². The second kappa shape index (κ2) is 8.35. The molecular formula is C20H27N5O. The molecule has 0 bridgehead atoms. The normalized spacial score (nSPS) is 17.1. The molecule has 1 fully saturated rings. The highest BCUT2D eigenvalue weighted by molar-refractivity contribution is 5.78. The second-order valence-corrected chi connectivity index (χ2v) is 7.06. The monoisotopic (exact) mass is 353 g/mol. The molecule has 138 valence electrons. The fourth-order valence-electron chi connectivity index (χ4n) is 3.40. The summed E-state index contributed by atoms with van der Waals surface area (Å²) in [5, 5.41) is 12.6. The van der Waals surface area contributed by atoms with E-state index >= 15 is 0 Å². The van der Waals surface area contributed by atoms with E-state index < -0.39 is 0 Å². The highest BCUT2D eigenvalue weighted by Gasteiger charge is 2.21. The molecule has 3 heterocycles. The Morgan fingerprint density at radius 3 is 2.69 bits per heavy atom. The van der Waals surface area contributed by atoms with E-state index in [1.807, 2.05) is 35.7 Å². The number of nitrogens with one attached hydrogen (secondary N) is 1. The number of hydrogen-bond acceptors (Lipinski definition) is 4. The van der Waals surface area contributed by atoms with Crippen LogP contribution in [0.25, 0.3) is 5.52 Å². The lowest BCUT2D eigenvalue weighted by atomic mass is 10.1. The van der Waals surface area contributed by atoms with E-state index in [4.69, 9.17) is 0 Å². The molecule has 1 aliphatic heterocycles. The molecule has 26 heavy (non-hydrogen) atoms. The zero-order chi connectivity index (χ0) is 18.5. The molecule has 2 aromatic rings. The maximum atomic E-state index is 12.0. The Labute approximate surface area is 155 Å². The van der Waals surface area contributed by atoms with Gasteiger partial charge in [0.25, 0.3) is 0 Å². The maximum absolute atomic E-state index is 12.0. The predicted molar refractivity (Wildman–Crippen MR) is 102 cm³/mol. The van der Waals surface area contributed by atoms with Gasteiger partial charge in [0, 0.05) is 56.7 Å². The van der Waals surface area contributed by atoms with Gasteiger partial charge in [-0.05, 0) is 25.5 Å². The summed E-state index contributed by atoms with van der Waals surface area (Å²) in [5.74, 6) is 0.109. The van der Waals surface area contributed by atoms with Crippen molar-refractivity contribution < 1.29 is 4.79 Å². The number of nitrogens with zero attached hydrogens (tertiary/aromatic N) is 4. The third-order valence-electron chi connectivity index (χ3n) is 5.12. The third kappa shape index (κ3) is 4.24. The number of fused-ring (bicyclic) bond motifs is 1. The number of piperazine rings is 1. The van der Waals surface area contributed by atoms with Gasteiger partial charge in [-0.2, -0.15) is 5.26 Å². The highest BCUT2D eigenvalue weighted by atomic mass is 16.2. The summed E-state index contributed by atoms with van der Waals surface area (Å²) in [6.45, 7) is 8.93. The van der Waals surface area contributed by atoms with Crippen LogP contribution in [-0.4, -0.2) is 58.9 Å². The number of pyridine rings is 1. The van der Waals surface area contributed by atoms with Gasteiger partial charge in [-0.1, -0.05) is 13.0 Å². The lowest BCUT2D eigenvalue weighted by Gasteiger charge is -2.34. The number of carbonyl (C=O) groups is 1. The lowest BCUT2D eigenvalue weighted by molar-refractivity contribution is -0.123. The first kappa shape index (κ1) is 18.4. The van der Waals surface area contributed by atoms with Crippen molar-refractivity contribution in [3.8, 4) is 6.07 Å². The van der Waals surface area contributed by atoms with Crippen LogP contribution in [0.2, 0.25) is 0 Å². The molecule has 3 rings (SSSR count). The first-order chi connectivity index (χ1) is 12.6. The van der Waals surface area contributed by atoms with E-state index in [-0.39, 0.29) is 11.9 Å². The number of carbonyl (C=O) groups excluding carboxylic acids is 1. The molecule has 6 heteroatoms. The van der Waals surface area contributed by atoms with Gasteiger partial charge < -0.3 is 9.72 Å². The zero-order valence-electron chi connectivity index (χ0n) is 15.6. The van der Waals surface area contributed by atoms with Crippen molar-refractivity contribution in [2.45, 2.75) is 32.9 Å². The highest BCUT2D eigenvalue weighted by Crippen LogP contribution is 2.20. The lowest BCUT2D eigenvalue weighted by Crippen LogP contribution is -2.49. The standard InChI is InChI=1S/C20H27N5O/c1-3-16(2)22-20(26)15-24-10-8-23(9-11-24)13-17-14-25-7-5-4-6-19(25)18(17)12-21/h4-7,14,16H,3,8-11,13,15H2,1-2H3,(H,22,26). The van der Waals surface area contributed by atoms with Crippen molar-refractivity contribution in [3.05, 3.63) is 41.7 Å². The van der Waals surface area contributed by atoms with E-state index in [1.165, 1.54) is 0 Å². The van der Waals surface area contributed by atoms with Crippen molar-refractivity contribution in [3.63, 3.8) is 0 Å². The molecule has 0 spiro atoms. The molecule has 6 nitrogen and oxygen atoms in total. The fourth-order valence-corrected chi connectivity index (χ4v) is 3.40. The Bertz CT molecular complexity index is 798. The molecule has 2 aromatic heterocycles. The number of hydrogen-bond donors (Lipinski definition) is 1. The molecule has 1 atom stereocenters. The van der Waals surface area contributed by atoms with E-state index in [0.29, 0.717) is 6.54 Å². The molecule has 0 saturated carbocycles. The summed E-state index contributed by atoms with van der Waals surface area (Å²) in [4.78, 5) is 16.6. The minimum Gasteiger partial charge on any atom is -0.353 e. The van der Waals surface area contributed by atoms with Crippen LogP contribution < -0.4 is 5.32 Å². The van der Waals surface area contributed by atoms with Crippen molar-refractivity contribution in [1.82, 2.24) is 19.5 Å². The molecule has 1 N–H and O–H groups in total. The smallest absolute Gasteiger partial charge is 0.234 e. The van der Waals surface area contributed by atoms with Crippen molar-refractivity contribution in [2.75, 3.05) is 32.7 Å². The molecule has 1 amide bonds. The van der Waals surface area contributed by atoms with Gasteiger partial charge in [-0.25, -0.2) is 0 Å². The van der Waals surface area contributed by atoms with Crippen LogP contribution in [0.4, 0.5) is 0 Å². The Hall–Kier alpha value is -2.36. The average Bonchev–Trinajstić information content (AvgIpc) is 3.00. The summed E-state index contributed by atoms with van der Waals surface area (Å²) < 4.78 is 2.02. The molecule has 1 saturated heterocycles. The van der Waals surface area contributed by atoms with E-state index in [1.54, 1.807) is 0 Å². The quantitative estimate of drug-likeness (QED) is 0.861. The second-order valence-electron chi connectivity index (χ2n) is 7.06. The van der Waals surface area contributed by atoms with Gasteiger partial charge in [-0.15, -0.1) is 0 Å². The minimum atomic E-state index is 0.109. The largest absolute Gasteiger partial charge is 0.353 e. The molecule has 0 aromatic carbocycles. The minimum absolute atomic E-state index is 0.109. The Morgan fingerprint density at radius 2 is 2.00 bits per heavy atom. The Balaban J connectivity index is 1.55. The van der Waals surface area contributed by atoms with Crippen molar-refractivity contribution in [1.29, 1.82) is 5.26 Å². The average molecular weight is 353 g/mol. The SMILES string of the molecule is CCC(C)NC(=O)CN1CCN(Cc2cn3ccccc3c2C#N)CC1. The van der Waals surface area contributed by atoms with Crippen LogP contribution in [0.5, 0.6) is 0 Å². The van der Waals surface area contributed by atoms with Gasteiger partial charge in [0.05, 0.1) is 17.6 Å². The molecular weight excluding hydrogens is 326 g/mol. The Kier molecular flexibility index (Phi) is 5.92. The summed E-state index contributed by atoms with van der Waals surface area (Å²) in [6.07, 6.45) is 4.99. The van der Waals surface area contributed by atoms with Crippen LogP contribution in [0.3, 0.4) is 0 Å². The summed E-state index contributed by atoms with van der Waals surface area (Å²) in [5.41, 5.74) is 2.80. The predicted octanol–water partition coefficient (Wildman–Crippen LogP) is 1.84. The van der Waals surface area contributed by atoms with Gasteiger partial charge in [0.2, 0.25) is 5.91 Å². The number of nitriles is 1. The van der Waals surface area contributed by atoms with E-state index in [0.717, 1.165) is 55.8 Å². The van der Waals surface area contributed by atoms with Crippen LogP contribution in [0.15, 0.2) is 30.6 Å². The van der Waals surface area contributed by atoms with Crippen LogP contribution >= 0.6 is 0 Å². The number of aromatic nitrogens is 1. The number of rotatable bonds is 6. The summed E-state index contributed by atoms with van der Waals surface area (Å²) in [6, 6.07) is 8.51. The van der Waals surface area contributed by atoms with Crippen LogP contribution in [-0.2, 0) is 11.3 Å². The van der Waals surface area contributed by atoms with Crippen molar-refractivity contribution in [2.24, 2.45) is 0 Å². The zero-order valence-corrected chi connectivity index (χ0v) is 15.6. The molecule has 0 radical (unpaired) electrons. The first-order valence-corrected chi connectivity index (χ1v) is 9.33.